The summed E-state index contributed by atoms with van der Waals surface area (Å²) >= 11 is 1.85. The van der Waals surface area contributed by atoms with Gasteiger partial charge in [0, 0.05) is 31.9 Å². The highest BCUT2D eigenvalue weighted by Crippen LogP contribution is 2.23. The molecule has 2 nitrogen and oxygen atoms in total. The average Bonchev–Trinajstić information content (AvgIpc) is 2.90. The zero-order valence-corrected chi connectivity index (χ0v) is 15.0. The molecule has 0 bridgehead atoms. The molecule has 118 valence electrons. The molecule has 1 heterocycles. The topological polar surface area (TPSA) is 7.12 Å². The molecule has 0 saturated carbocycles. The van der Waals surface area contributed by atoms with Crippen LogP contribution in [0.25, 0.3) is 22.4 Å². The van der Waals surface area contributed by atoms with Crippen molar-refractivity contribution in [1.82, 2.24) is 0 Å². The Balaban J connectivity index is 1.94. The number of fused-ring (bicyclic) bond motifs is 1. The zero-order chi connectivity index (χ0) is 16.4. The summed E-state index contributed by atoms with van der Waals surface area (Å²) < 4.78 is 3.73. The number of anilines is 1. The number of thiazole rings is 1. The van der Waals surface area contributed by atoms with E-state index in [-0.39, 0.29) is 0 Å². The fraction of sp³-hybridized carbons (Fsp3) is 0.250. The van der Waals surface area contributed by atoms with Gasteiger partial charge in [0.1, 0.15) is 11.2 Å². The van der Waals surface area contributed by atoms with Crippen LogP contribution in [0.3, 0.4) is 0 Å². The third-order valence-electron chi connectivity index (χ3n) is 4.03. The van der Waals surface area contributed by atoms with E-state index in [4.69, 9.17) is 0 Å². The summed E-state index contributed by atoms with van der Waals surface area (Å²) in [6, 6.07) is 15.3. The fourth-order valence-electron chi connectivity index (χ4n) is 2.71. The molecule has 0 aliphatic carbocycles. The predicted octanol–water partition coefficient (Wildman–Crippen LogP) is 4.75. The molecular formula is C20H23N2S+. The maximum Gasteiger partial charge on any atom is 0.262 e. The molecule has 0 saturated heterocycles. The van der Waals surface area contributed by atoms with Crippen molar-refractivity contribution in [3.63, 3.8) is 0 Å². The van der Waals surface area contributed by atoms with Crippen molar-refractivity contribution in [3.05, 3.63) is 58.6 Å². The smallest absolute Gasteiger partial charge is 0.262 e. The van der Waals surface area contributed by atoms with Gasteiger partial charge in [-0.1, -0.05) is 29.5 Å². The first-order valence-corrected chi connectivity index (χ1v) is 8.78. The van der Waals surface area contributed by atoms with Crippen LogP contribution in [0.5, 0.6) is 0 Å². The van der Waals surface area contributed by atoms with Crippen molar-refractivity contribution in [2.75, 3.05) is 19.0 Å². The number of hydrogen-bond donors (Lipinski definition) is 0. The molecule has 0 aliphatic rings. The minimum Gasteiger partial charge on any atom is -0.378 e. The molecule has 3 heteroatoms. The van der Waals surface area contributed by atoms with E-state index in [9.17, 15) is 0 Å². The van der Waals surface area contributed by atoms with E-state index in [1.807, 2.05) is 11.3 Å². The zero-order valence-electron chi connectivity index (χ0n) is 14.2. The van der Waals surface area contributed by atoms with E-state index in [0.29, 0.717) is 0 Å². The monoisotopic (exact) mass is 323 g/mol. The van der Waals surface area contributed by atoms with E-state index in [1.54, 1.807) is 0 Å². The first-order valence-electron chi connectivity index (χ1n) is 7.97. The Morgan fingerprint density at radius 1 is 1.04 bits per heavy atom. The summed E-state index contributed by atoms with van der Waals surface area (Å²) in [6.45, 7) is 5.35. The lowest BCUT2D eigenvalue weighted by atomic mass is 10.2. The molecule has 0 fully saturated rings. The molecule has 0 aliphatic heterocycles. The minimum absolute atomic E-state index is 0.989. The highest BCUT2D eigenvalue weighted by atomic mass is 32.1. The number of benzene rings is 2. The molecule has 0 radical (unpaired) electrons. The normalized spacial score (nSPS) is 11.5. The molecule has 3 rings (SSSR count). The van der Waals surface area contributed by atoms with Gasteiger partial charge in [0.25, 0.3) is 5.01 Å². The fourth-order valence-corrected chi connectivity index (χ4v) is 3.82. The number of nitrogens with zero attached hydrogens (tertiary/aromatic N) is 2. The molecule has 0 spiro atoms. The van der Waals surface area contributed by atoms with Crippen molar-refractivity contribution in [2.24, 2.45) is 0 Å². The van der Waals surface area contributed by atoms with Gasteiger partial charge in [-0.25, -0.2) is 0 Å². The highest BCUT2D eigenvalue weighted by molar-refractivity contribution is 7.18. The van der Waals surface area contributed by atoms with Crippen LogP contribution in [-0.4, -0.2) is 14.1 Å². The van der Waals surface area contributed by atoms with Gasteiger partial charge in [0.05, 0.1) is 0 Å². The molecule has 0 atom stereocenters. The van der Waals surface area contributed by atoms with E-state index < -0.39 is 0 Å². The van der Waals surface area contributed by atoms with Crippen LogP contribution in [-0.2, 0) is 6.54 Å². The van der Waals surface area contributed by atoms with Crippen molar-refractivity contribution < 1.29 is 4.57 Å². The number of hydrogen-bond acceptors (Lipinski definition) is 2. The number of aromatic nitrogens is 1. The SMILES string of the molecule is CC[n+]1c(C=Cc2ccc(N(C)C)cc2)sc2ccc(C)cc21. The lowest BCUT2D eigenvalue weighted by Gasteiger charge is -2.11. The lowest BCUT2D eigenvalue weighted by Crippen LogP contribution is -2.33. The Hall–Kier alpha value is -2.13. The molecule has 23 heavy (non-hydrogen) atoms. The summed E-state index contributed by atoms with van der Waals surface area (Å²) in [5.74, 6) is 0. The van der Waals surface area contributed by atoms with Crippen LogP contribution in [0.15, 0.2) is 42.5 Å². The van der Waals surface area contributed by atoms with E-state index in [2.05, 4.69) is 92.0 Å². The van der Waals surface area contributed by atoms with E-state index in [1.165, 1.54) is 32.0 Å². The molecule has 2 aromatic carbocycles. The molecule has 3 aromatic rings. The lowest BCUT2D eigenvalue weighted by molar-refractivity contribution is -0.665. The highest BCUT2D eigenvalue weighted by Gasteiger charge is 2.16. The summed E-state index contributed by atoms with van der Waals surface area (Å²) in [7, 11) is 4.13. The molecule has 0 unspecified atom stereocenters. The van der Waals surface area contributed by atoms with Crippen molar-refractivity contribution in [3.8, 4) is 0 Å². The second kappa shape index (κ2) is 6.55. The summed E-state index contributed by atoms with van der Waals surface area (Å²) in [4.78, 5) is 2.12. The van der Waals surface area contributed by atoms with Crippen LogP contribution >= 0.6 is 11.3 Å². The summed E-state index contributed by atoms with van der Waals surface area (Å²) in [5.41, 5.74) is 5.10. The quantitative estimate of drug-likeness (QED) is 0.628. The van der Waals surface area contributed by atoms with Crippen LogP contribution in [0, 0.1) is 6.92 Å². The second-order valence-electron chi connectivity index (χ2n) is 5.98. The average molecular weight is 323 g/mol. The second-order valence-corrected chi connectivity index (χ2v) is 7.04. The van der Waals surface area contributed by atoms with Gasteiger partial charge >= 0.3 is 0 Å². The number of rotatable bonds is 4. The molecule has 0 amide bonds. The first kappa shape index (κ1) is 15.8. The standard InChI is InChI=1S/C20H23N2S/c1-5-22-18-14-15(2)6-12-19(18)23-20(22)13-9-16-7-10-17(11-8-16)21(3)4/h6-14H,5H2,1-4H3/q+1. The predicted molar refractivity (Wildman–Crippen MR) is 102 cm³/mol. The molecular weight excluding hydrogens is 300 g/mol. The van der Waals surface area contributed by atoms with Gasteiger partial charge < -0.3 is 4.90 Å². The third-order valence-corrected chi connectivity index (χ3v) is 5.16. The van der Waals surface area contributed by atoms with Crippen LogP contribution in [0.2, 0.25) is 0 Å². The van der Waals surface area contributed by atoms with Crippen LogP contribution < -0.4 is 9.47 Å². The van der Waals surface area contributed by atoms with Crippen molar-refractivity contribution >= 4 is 39.4 Å². The van der Waals surface area contributed by atoms with Crippen molar-refractivity contribution in [1.29, 1.82) is 0 Å². The first-order chi connectivity index (χ1) is 11.1. The van der Waals surface area contributed by atoms with Gasteiger partial charge in [-0.2, -0.15) is 4.57 Å². The molecule has 1 aromatic heterocycles. The van der Waals surface area contributed by atoms with Gasteiger partial charge in [0.2, 0.25) is 5.52 Å². The minimum atomic E-state index is 0.989. The third kappa shape index (κ3) is 3.30. The van der Waals surface area contributed by atoms with Gasteiger partial charge in [0.15, 0.2) is 0 Å². The maximum absolute atomic E-state index is 2.39. The summed E-state index contributed by atoms with van der Waals surface area (Å²) in [5, 5.41) is 1.30. The summed E-state index contributed by atoms with van der Waals surface area (Å²) in [6.07, 6.45) is 4.43. The Morgan fingerprint density at radius 2 is 1.78 bits per heavy atom. The van der Waals surface area contributed by atoms with Gasteiger partial charge in [-0.15, -0.1) is 0 Å². The van der Waals surface area contributed by atoms with Gasteiger partial charge in [-0.05, 0) is 49.2 Å². The van der Waals surface area contributed by atoms with Gasteiger partial charge in [-0.3, -0.25) is 0 Å². The van der Waals surface area contributed by atoms with E-state index in [0.717, 1.165) is 6.54 Å². The Labute approximate surface area is 142 Å². The van der Waals surface area contributed by atoms with Crippen LogP contribution in [0.1, 0.15) is 23.1 Å². The van der Waals surface area contributed by atoms with Crippen LogP contribution in [0.4, 0.5) is 5.69 Å². The Kier molecular flexibility index (Phi) is 4.49. The molecule has 0 N–H and O–H groups in total. The van der Waals surface area contributed by atoms with Crippen molar-refractivity contribution in [2.45, 2.75) is 20.4 Å². The maximum atomic E-state index is 2.39. The Morgan fingerprint density at radius 3 is 2.43 bits per heavy atom. The largest absolute Gasteiger partial charge is 0.378 e. The number of aryl methyl sites for hydroxylation is 2. The van der Waals surface area contributed by atoms with E-state index >= 15 is 0 Å². The Bertz CT molecular complexity index is 842.